The van der Waals surface area contributed by atoms with Gasteiger partial charge in [-0.2, -0.15) is 0 Å². The number of hydrogen-bond acceptors (Lipinski definition) is 9. The average Bonchev–Trinajstić information content (AvgIpc) is 2.85. The number of benzene rings is 2. The highest BCUT2D eigenvalue weighted by Crippen LogP contribution is 2.32. The number of carbonyl (C=O) groups is 4. The quantitative estimate of drug-likeness (QED) is 0.310. The highest BCUT2D eigenvalue weighted by atomic mass is 16.6. The second-order valence-corrected chi connectivity index (χ2v) is 8.84. The molecular formula is C28H35NO8. The second kappa shape index (κ2) is 14.1. The van der Waals surface area contributed by atoms with Crippen molar-refractivity contribution in [3.63, 3.8) is 0 Å². The van der Waals surface area contributed by atoms with Gasteiger partial charge in [0.1, 0.15) is 11.6 Å². The van der Waals surface area contributed by atoms with Crippen molar-refractivity contribution in [1.82, 2.24) is 0 Å². The first-order valence-corrected chi connectivity index (χ1v) is 12.3. The van der Waals surface area contributed by atoms with Gasteiger partial charge in [-0.05, 0) is 49.6 Å². The molecule has 2 rings (SSSR count). The zero-order valence-corrected chi connectivity index (χ0v) is 21.8. The maximum absolute atomic E-state index is 12.7. The van der Waals surface area contributed by atoms with E-state index in [1.807, 2.05) is 13.8 Å². The van der Waals surface area contributed by atoms with Crippen LogP contribution in [0.25, 0.3) is 0 Å². The molecule has 2 N–H and O–H groups in total. The number of hydrogen-bond donors (Lipinski definition) is 1. The summed E-state index contributed by atoms with van der Waals surface area (Å²) in [6, 6.07) is 13.1. The summed E-state index contributed by atoms with van der Waals surface area (Å²) in [5.41, 5.74) is 5.85. The van der Waals surface area contributed by atoms with Crippen molar-refractivity contribution in [2.75, 3.05) is 7.11 Å². The van der Waals surface area contributed by atoms with E-state index in [0.717, 1.165) is 0 Å². The standard InChI is InChI=1S/C28H35NO8/c1-5-10-24(30)36-22-15-14-20(16-23(22)37-25(31)11-6-2)18-28(29,27(33)34-4)17-19(3)35-26(32)21-12-8-7-9-13-21/h7-9,12-16,19H,5-6,10-11,17-18,29H2,1-4H3/t19?,28-/m1/s1. The van der Waals surface area contributed by atoms with Crippen LogP contribution < -0.4 is 15.2 Å². The first-order chi connectivity index (χ1) is 17.6. The monoisotopic (exact) mass is 513 g/mol. The molecule has 0 aliphatic rings. The third-order valence-electron chi connectivity index (χ3n) is 5.44. The van der Waals surface area contributed by atoms with E-state index in [4.69, 9.17) is 24.7 Å². The van der Waals surface area contributed by atoms with Crippen LogP contribution in [0.5, 0.6) is 11.5 Å². The number of ether oxygens (including phenoxy) is 4. The molecule has 0 radical (unpaired) electrons. The third-order valence-corrected chi connectivity index (χ3v) is 5.44. The number of nitrogens with two attached hydrogens (primary N) is 1. The second-order valence-electron chi connectivity index (χ2n) is 8.84. The molecule has 0 aromatic heterocycles. The molecule has 0 aliphatic heterocycles. The molecule has 0 saturated heterocycles. The fourth-order valence-electron chi connectivity index (χ4n) is 3.76. The maximum Gasteiger partial charge on any atom is 0.338 e. The van der Waals surface area contributed by atoms with Gasteiger partial charge in [-0.25, -0.2) is 4.79 Å². The van der Waals surface area contributed by atoms with Crippen molar-refractivity contribution in [2.24, 2.45) is 5.73 Å². The molecule has 0 aliphatic carbocycles. The van der Waals surface area contributed by atoms with E-state index in [9.17, 15) is 19.2 Å². The van der Waals surface area contributed by atoms with Crippen LogP contribution in [-0.2, 0) is 30.3 Å². The van der Waals surface area contributed by atoms with Crippen LogP contribution in [0.4, 0.5) is 0 Å². The summed E-state index contributed by atoms with van der Waals surface area (Å²) in [5.74, 6) is -2.03. The molecule has 200 valence electrons. The van der Waals surface area contributed by atoms with Gasteiger partial charge in [0.2, 0.25) is 0 Å². The van der Waals surface area contributed by atoms with Crippen LogP contribution in [-0.4, -0.2) is 42.6 Å². The van der Waals surface area contributed by atoms with E-state index >= 15 is 0 Å². The zero-order valence-electron chi connectivity index (χ0n) is 21.8. The molecule has 0 fully saturated rings. The summed E-state index contributed by atoms with van der Waals surface area (Å²) in [6.45, 7) is 5.32. The Morgan fingerprint density at radius 1 is 0.892 bits per heavy atom. The largest absolute Gasteiger partial charge is 0.468 e. The Kier molecular flexibility index (Phi) is 11.3. The van der Waals surface area contributed by atoms with Crippen LogP contribution in [0.3, 0.4) is 0 Å². The molecule has 2 atom stereocenters. The van der Waals surface area contributed by atoms with E-state index in [-0.39, 0.29) is 37.2 Å². The molecule has 9 heteroatoms. The van der Waals surface area contributed by atoms with Crippen molar-refractivity contribution < 1.29 is 38.1 Å². The van der Waals surface area contributed by atoms with Gasteiger partial charge in [-0.15, -0.1) is 0 Å². The molecule has 0 spiro atoms. The lowest BCUT2D eigenvalue weighted by molar-refractivity contribution is -0.148. The normalized spacial score (nSPS) is 13.1. The molecule has 2 aromatic carbocycles. The van der Waals surface area contributed by atoms with Crippen LogP contribution in [0, 0.1) is 0 Å². The minimum Gasteiger partial charge on any atom is -0.468 e. The first-order valence-electron chi connectivity index (χ1n) is 12.3. The Hall–Kier alpha value is -3.72. The van der Waals surface area contributed by atoms with E-state index in [2.05, 4.69) is 0 Å². The predicted octanol–water partition coefficient (Wildman–Crippen LogP) is 4.15. The molecule has 0 heterocycles. The summed E-state index contributed by atoms with van der Waals surface area (Å²) in [7, 11) is 1.22. The van der Waals surface area contributed by atoms with Gasteiger partial charge in [0.25, 0.3) is 0 Å². The van der Waals surface area contributed by atoms with Gasteiger partial charge < -0.3 is 24.7 Å². The Morgan fingerprint density at radius 3 is 2.05 bits per heavy atom. The Labute approximate surface area is 217 Å². The number of rotatable bonds is 13. The van der Waals surface area contributed by atoms with Gasteiger partial charge in [0.05, 0.1) is 12.7 Å². The van der Waals surface area contributed by atoms with Crippen LogP contribution in [0.15, 0.2) is 48.5 Å². The molecule has 0 saturated carbocycles. The SMILES string of the molecule is CCCC(=O)Oc1ccc(C[C@](N)(CC(C)OC(=O)c2ccccc2)C(=O)OC)cc1OC(=O)CCC. The van der Waals surface area contributed by atoms with Gasteiger partial charge in [-0.1, -0.05) is 38.1 Å². The zero-order chi connectivity index (χ0) is 27.4. The topological polar surface area (TPSA) is 131 Å². The average molecular weight is 514 g/mol. The van der Waals surface area contributed by atoms with Crippen LogP contribution in [0.2, 0.25) is 0 Å². The van der Waals surface area contributed by atoms with Gasteiger partial charge in [0.15, 0.2) is 11.5 Å². The van der Waals surface area contributed by atoms with E-state index < -0.39 is 35.5 Å². The fourth-order valence-corrected chi connectivity index (χ4v) is 3.76. The highest BCUT2D eigenvalue weighted by molar-refractivity contribution is 5.89. The number of esters is 4. The molecule has 0 bridgehead atoms. The first kappa shape index (κ1) is 29.5. The van der Waals surface area contributed by atoms with Crippen LogP contribution >= 0.6 is 0 Å². The Bertz CT molecular complexity index is 1080. The molecule has 9 nitrogen and oxygen atoms in total. The summed E-state index contributed by atoms with van der Waals surface area (Å²) < 4.78 is 21.3. The molecule has 37 heavy (non-hydrogen) atoms. The maximum atomic E-state index is 12.7. The van der Waals surface area contributed by atoms with Crippen molar-refractivity contribution in [2.45, 2.75) is 70.9 Å². The van der Waals surface area contributed by atoms with Crippen LogP contribution in [0.1, 0.15) is 68.8 Å². The molecular weight excluding hydrogens is 478 g/mol. The van der Waals surface area contributed by atoms with Gasteiger partial charge >= 0.3 is 23.9 Å². The summed E-state index contributed by atoms with van der Waals surface area (Å²) in [4.78, 5) is 49.4. The summed E-state index contributed by atoms with van der Waals surface area (Å²) in [5, 5.41) is 0. The highest BCUT2D eigenvalue weighted by Gasteiger charge is 2.38. The van der Waals surface area contributed by atoms with Crippen molar-refractivity contribution >= 4 is 23.9 Å². The van der Waals surface area contributed by atoms with E-state index in [1.165, 1.54) is 19.2 Å². The Morgan fingerprint density at radius 2 is 1.49 bits per heavy atom. The lowest BCUT2D eigenvalue weighted by Crippen LogP contribution is -2.53. The number of carbonyl (C=O) groups excluding carboxylic acids is 4. The van der Waals surface area contributed by atoms with Crippen molar-refractivity contribution in [3.8, 4) is 11.5 Å². The minimum atomic E-state index is -1.56. The van der Waals surface area contributed by atoms with Gasteiger partial charge in [-0.3, -0.25) is 14.4 Å². The van der Waals surface area contributed by atoms with Crippen molar-refractivity contribution in [3.05, 3.63) is 59.7 Å². The summed E-state index contributed by atoms with van der Waals surface area (Å²) in [6.07, 6.45) is 0.803. The van der Waals surface area contributed by atoms with Gasteiger partial charge in [0, 0.05) is 25.7 Å². The molecule has 0 amide bonds. The fraction of sp³-hybridized carbons (Fsp3) is 0.429. The van der Waals surface area contributed by atoms with Crippen molar-refractivity contribution in [1.29, 1.82) is 0 Å². The minimum absolute atomic E-state index is 0.0194. The lowest BCUT2D eigenvalue weighted by Gasteiger charge is -2.29. The van der Waals surface area contributed by atoms with E-state index in [1.54, 1.807) is 43.3 Å². The molecule has 2 aromatic rings. The lowest BCUT2D eigenvalue weighted by atomic mass is 9.86. The predicted molar refractivity (Wildman–Crippen MR) is 136 cm³/mol. The van der Waals surface area contributed by atoms with E-state index in [0.29, 0.717) is 24.0 Å². The number of methoxy groups -OCH3 is 1. The Balaban J connectivity index is 2.27. The molecule has 1 unspecified atom stereocenters. The summed E-state index contributed by atoms with van der Waals surface area (Å²) >= 11 is 0. The smallest absolute Gasteiger partial charge is 0.338 e. The third kappa shape index (κ3) is 9.02.